The number of hydrogen-bond donors (Lipinski definition) is 1. The van der Waals surface area contributed by atoms with E-state index < -0.39 is 12.0 Å². The van der Waals surface area contributed by atoms with Crippen molar-refractivity contribution in [3.63, 3.8) is 0 Å². The average molecular weight is 337 g/mol. The molecule has 3 rings (SSSR count). The first-order chi connectivity index (χ1) is 10.5. The van der Waals surface area contributed by atoms with Crippen molar-refractivity contribution in [2.24, 2.45) is 5.73 Å². The van der Waals surface area contributed by atoms with Gasteiger partial charge >= 0.3 is 5.97 Å². The fourth-order valence-corrected chi connectivity index (χ4v) is 4.36. The van der Waals surface area contributed by atoms with Gasteiger partial charge in [-0.15, -0.1) is 23.1 Å². The van der Waals surface area contributed by atoms with Crippen LogP contribution in [0.15, 0.2) is 22.9 Å². The summed E-state index contributed by atoms with van der Waals surface area (Å²) in [7, 11) is 1.31. The Kier molecular flexibility index (Phi) is 4.07. The van der Waals surface area contributed by atoms with Crippen molar-refractivity contribution in [1.82, 2.24) is 9.88 Å². The maximum Gasteiger partial charge on any atom is 0.355 e. The minimum absolute atomic E-state index is 0.177. The lowest BCUT2D eigenvalue weighted by atomic mass is 10.0. The molecule has 22 heavy (non-hydrogen) atoms. The van der Waals surface area contributed by atoms with Crippen molar-refractivity contribution in [2.45, 2.75) is 18.3 Å². The zero-order valence-corrected chi connectivity index (χ0v) is 13.7. The normalized spacial score (nSPS) is 24.5. The Labute approximate surface area is 136 Å². The Hall–Kier alpha value is -1.64. The number of methoxy groups -OCH3 is 1. The average Bonchev–Trinajstić information content (AvgIpc) is 2.95. The molecule has 6 nitrogen and oxygen atoms in total. The number of aromatic nitrogens is 1. The summed E-state index contributed by atoms with van der Waals surface area (Å²) < 4.78 is 4.83. The molecule has 0 radical (unpaired) electrons. The van der Waals surface area contributed by atoms with Crippen molar-refractivity contribution < 1.29 is 14.3 Å². The minimum Gasteiger partial charge on any atom is -0.464 e. The molecule has 1 fully saturated rings. The SMILES string of the molecule is COC(=O)C1=C(/C=C\c2scnc2C)CS[C@@H]2C(N)C(=O)N12. The summed E-state index contributed by atoms with van der Waals surface area (Å²) in [6, 6.07) is -0.543. The number of hydrogen-bond acceptors (Lipinski definition) is 7. The zero-order valence-electron chi connectivity index (χ0n) is 12.1. The molecule has 1 aromatic rings. The van der Waals surface area contributed by atoms with Crippen LogP contribution in [0.1, 0.15) is 10.6 Å². The molecule has 1 saturated heterocycles. The van der Waals surface area contributed by atoms with Crippen molar-refractivity contribution in [3.8, 4) is 0 Å². The van der Waals surface area contributed by atoms with Crippen LogP contribution >= 0.6 is 23.1 Å². The van der Waals surface area contributed by atoms with Gasteiger partial charge in [0, 0.05) is 10.6 Å². The number of carbonyl (C=O) groups is 2. The first kappa shape index (κ1) is 15.3. The predicted molar refractivity (Wildman–Crippen MR) is 86.0 cm³/mol. The summed E-state index contributed by atoms with van der Waals surface area (Å²) in [5.41, 5.74) is 9.56. The van der Waals surface area contributed by atoms with E-state index in [-0.39, 0.29) is 11.3 Å². The molecule has 0 bridgehead atoms. The summed E-state index contributed by atoms with van der Waals surface area (Å²) in [6.07, 6.45) is 3.77. The number of thioether (sulfide) groups is 1. The van der Waals surface area contributed by atoms with E-state index in [0.717, 1.165) is 16.1 Å². The number of allylic oxidation sites excluding steroid dienone is 1. The molecule has 2 aliphatic rings. The van der Waals surface area contributed by atoms with Crippen LogP contribution in [0.25, 0.3) is 6.08 Å². The van der Waals surface area contributed by atoms with Crippen LogP contribution in [0.4, 0.5) is 0 Å². The lowest BCUT2D eigenvalue weighted by Crippen LogP contribution is -2.68. The van der Waals surface area contributed by atoms with Crippen molar-refractivity contribution in [1.29, 1.82) is 0 Å². The summed E-state index contributed by atoms with van der Waals surface area (Å²) in [6.45, 7) is 1.93. The Balaban J connectivity index is 1.96. The van der Waals surface area contributed by atoms with Gasteiger partial charge in [-0.25, -0.2) is 9.78 Å². The second-order valence-electron chi connectivity index (χ2n) is 4.94. The van der Waals surface area contributed by atoms with Gasteiger partial charge in [-0.1, -0.05) is 6.08 Å². The van der Waals surface area contributed by atoms with E-state index in [4.69, 9.17) is 10.5 Å². The Morgan fingerprint density at radius 2 is 2.32 bits per heavy atom. The number of nitrogens with two attached hydrogens (primary N) is 1. The second kappa shape index (κ2) is 5.86. The maximum atomic E-state index is 12.1. The molecule has 1 aromatic heterocycles. The highest BCUT2D eigenvalue weighted by Crippen LogP contribution is 2.40. The van der Waals surface area contributed by atoms with Crippen molar-refractivity contribution in [2.75, 3.05) is 12.9 Å². The molecular weight excluding hydrogens is 322 g/mol. The molecule has 1 amide bonds. The zero-order chi connectivity index (χ0) is 15.9. The van der Waals surface area contributed by atoms with Crippen LogP contribution in [0.2, 0.25) is 0 Å². The summed E-state index contributed by atoms with van der Waals surface area (Å²) in [5.74, 6) is -0.135. The van der Waals surface area contributed by atoms with E-state index in [0.29, 0.717) is 11.4 Å². The quantitative estimate of drug-likeness (QED) is 0.657. The molecule has 0 aromatic carbocycles. The number of β-lactam (4-membered cyclic amide) rings is 1. The third-order valence-corrected chi connectivity index (χ3v) is 5.86. The van der Waals surface area contributed by atoms with Crippen LogP contribution in [-0.2, 0) is 14.3 Å². The third kappa shape index (κ3) is 2.37. The van der Waals surface area contributed by atoms with E-state index >= 15 is 0 Å². The predicted octanol–water partition coefficient (Wildman–Crippen LogP) is 1.13. The van der Waals surface area contributed by atoms with E-state index in [1.807, 2.05) is 19.1 Å². The number of esters is 1. The standard InChI is InChI=1S/C14H15N3O3S2/c1-7-9(22-6-16-7)4-3-8-5-21-13-10(15)12(18)17(13)11(8)14(19)20-2/h3-4,6,10,13H,5,15H2,1-2H3/b4-3-/t10?,13-/m1/s1. The van der Waals surface area contributed by atoms with Gasteiger partial charge in [-0.05, 0) is 18.6 Å². The van der Waals surface area contributed by atoms with Gasteiger partial charge in [-0.2, -0.15) is 0 Å². The molecule has 0 aliphatic carbocycles. The summed E-state index contributed by atoms with van der Waals surface area (Å²) in [5, 5.41) is -0.177. The lowest BCUT2D eigenvalue weighted by Gasteiger charge is -2.47. The van der Waals surface area contributed by atoms with Gasteiger partial charge in [0.15, 0.2) is 0 Å². The van der Waals surface area contributed by atoms with E-state index in [9.17, 15) is 9.59 Å². The van der Waals surface area contributed by atoms with Gasteiger partial charge in [0.2, 0.25) is 5.91 Å². The number of fused-ring (bicyclic) bond motifs is 1. The molecule has 8 heteroatoms. The van der Waals surface area contributed by atoms with Crippen LogP contribution in [0.5, 0.6) is 0 Å². The minimum atomic E-state index is -0.543. The largest absolute Gasteiger partial charge is 0.464 e. The fraction of sp³-hybridized carbons (Fsp3) is 0.357. The molecule has 0 spiro atoms. The van der Waals surface area contributed by atoms with E-state index in [1.165, 1.54) is 23.3 Å². The van der Waals surface area contributed by atoms with Crippen molar-refractivity contribution in [3.05, 3.63) is 33.4 Å². The van der Waals surface area contributed by atoms with Gasteiger partial charge in [0.1, 0.15) is 17.1 Å². The second-order valence-corrected chi connectivity index (χ2v) is 6.93. The maximum absolute atomic E-state index is 12.1. The van der Waals surface area contributed by atoms with Crippen LogP contribution in [0, 0.1) is 6.92 Å². The van der Waals surface area contributed by atoms with Gasteiger partial charge in [0.25, 0.3) is 0 Å². The smallest absolute Gasteiger partial charge is 0.355 e. The molecule has 2 N–H and O–H groups in total. The highest BCUT2D eigenvalue weighted by Gasteiger charge is 2.51. The fourth-order valence-electron chi connectivity index (χ4n) is 2.40. The number of aryl methyl sites for hydroxylation is 1. The first-order valence-electron chi connectivity index (χ1n) is 6.64. The number of rotatable bonds is 3. The van der Waals surface area contributed by atoms with Gasteiger partial charge < -0.3 is 10.5 Å². The van der Waals surface area contributed by atoms with Crippen LogP contribution < -0.4 is 5.73 Å². The van der Waals surface area contributed by atoms with Crippen LogP contribution in [0.3, 0.4) is 0 Å². The highest BCUT2D eigenvalue weighted by atomic mass is 32.2. The van der Waals surface area contributed by atoms with E-state index in [1.54, 1.807) is 17.3 Å². The Bertz CT molecular complexity index is 695. The molecule has 2 aliphatic heterocycles. The molecule has 0 saturated carbocycles. The molecule has 116 valence electrons. The monoisotopic (exact) mass is 337 g/mol. The molecule has 1 unspecified atom stereocenters. The Morgan fingerprint density at radius 1 is 1.55 bits per heavy atom. The third-order valence-electron chi connectivity index (χ3n) is 3.64. The molecule has 3 heterocycles. The van der Waals surface area contributed by atoms with Gasteiger partial charge in [0.05, 0.1) is 18.3 Å². The lowest BCUT2D eigenvalue weighted by molar-refractivity contribution is -0.149. The van der Waals surface area contributed by atoms with E-state index in [2.05, 4.69) is 4.98 Å². The first-order valence-corrected chi connectivity index (χ1v) is 8.57. The topological polar surface area (TPSA) is 85.5 Å². The summed E-state index contributed by atoms with van der Waals surface area (Å²) in [4.78, 5) is 30.7. The van der Waals surface area contributed by atoms with Crippen molar-refractivity contribution >= 4 is 41.1 Å². The number of amides is 1. The number of nitrogens with zero attached hydrogens (tertiary/aromatic N) is 2. The number of ether oxygens (including phenoxy) is 1. The Morgan fingerprint density at radius 3 is 2.95 bits per heavy atom. The molecule has 2 atom stereocenters. The summed E-state index contributed by atoms with van der Waals surface area (Å²) >= 11 is 3.08. The van der Waals surface area contributed by atoms with Gasteiger partial charge in [-0.3, -0.25) is 9.69 Å². The number of carbonyl (C=O) groups excluding carboxylic acids is 2. The van der Waals surface area contributed by atoms with Crippen LogP contribution in [-0.4, -0.2) is 46.0 Å². The molecular formula is C14H15N3O3S2. The highest BCUT2D eigenvalue weighted by molar-refractivity contribution is 8.00. The number of thiazole rings is 1.